The monoisotopic (exact) mass is 259 g/mol. The number of rotatable bonds is 4. The lowest BCUT2D eigenvalue weighted by Gasteiger charge is -2.10. The van der Waals surface area contributed by atoms with Crippen LogP contribution < -0.4 is 5.32 Å². The van der Waals surface area contributed by atoms with Crippen molar-refractivity contribution in [2.75, 3.05) is 12.3 Å². The Kier molecular flexibility index (Phi) is 4.50. The van der Waals surface area contributed by atoms with E-state index >= 15 is 0 Å². The molecule has 0 radical (unpaired) electrons. The van der Waals surface area contributed by atoms with Crippen LogP contribution in [-0.2, 0) is 6.54 Å². The first-order valence-corrected chi connectivity index (χ1v) is 6.94. The van der Waals surface area contributed by atoms with Gasteiger partial charge < -0.3 is 5.32 Å². The Labute approximate surface area is 105 Å². The summed E-state index contributed by atoms with van der Waals surface area (Å²) < 4.78 is 12.8. The van der Waals surface area contributed by atoms with Gasteiger partial charge in [0.05, 0.1) is 0 Å². The average molecular weight is 260 g/mol. The van der Waals surface area contributed by atoms with Crippen molar-refractivity contribution in [3.8, 4) is 0 Å². The number of halogens is 2. The van der Waals surface area contributed by atoms with Crippen LogP contribution in [0.4, 0.5) is 4.39 Å². The van der Waals surface area contributed by atoms with Crippen molar-refractivity contribution in [1.29, 1.82) is 0 Å². The summed E-state index contributed by atoms with van der Waals surface area (Å²) in [7, 11) is 0. The molecule has 1 aliphatic heterocycles. The molecule has 1 unspecified atom stereocenters. The van der Waals surface area contributed by atoms with E-state index in [9.17, 15) is 4.39 Å². The van der Waals surface area contributed by atoms with Crippen LogP contribution in [0, 0.1) is 5.82 Å². The fourth-order valence-corrected chi connectivity index (χ4v) is 3.31. The van der Waals surface area contributed by atoms with Gasteiger partial charge in [0.2, 0.25) is 0 Å². The van der Waals surface area contributed by atoms with Gasteiger partial charge in [-0.2, -0.15) is 11.8 Å². The summed E-state index contributed by atoms with van der Waals surface area (Å²) in [6, 6.07) is 4.56. The Morgan fingerprint density at radius 3 is 3.06 bits per heavy atom. The Bertz CT molecular complexity index is 353. The van der Waals surface area contributed by atoms with Gasteiger partial charge in [-0.1, -0.05) is 17.7 Å². The lowest BCUT2D eigenvalue weighted by molar-refractivity contribution is 0.622. The van der Waals surface area contributed by atoms with Crippen molar-refractivity contribution in [2.24, 2.45) is 0 Å². The lowest BCUT2D eigenvalue weighted by atomic mass is 10.2. The van der Waals surface area contributed by atoms with Gasteiger partial charge in [0, 0.05) is 23.4 Å². The predicted octanol–water partition coefficient (Wildman–Crippen LogP) is 3.46. The van der Waals surface area contributed by atoms with Crippen molar-refractivity contribution in [2.45, 2.75) is 24.6 Å². The number of hydrogen-bond donors (Lipinski definition) is 1. The summed E-state index contributed by atoms with van der Waals surface area (Å²) in [4.78, 5) is 0. The third-order valence-electron chi connectivity index (χ3n) is 2.73. The van der Waals surface area contributed by atoms with Gasteiger partial charge in [-0.3, -0.25) is 0 Å². The molecule has 0 saturated carbocycles. The Morgan fingerprint density at radius 1 is 1.50 bits per heavy atom. The van der Waals surface area contributed by atoms with E-state index in [0.717, 1.165) is 23.9 Å². The standard InChI is InChI=1S/C12H15ClFNS/c13-12-6-10(14)4-3-9(12)7-15-8-11-2-1-5-16-11/h3-4,6,11,15H,1-2,5,7-8H2. The molecule has 1 N–H and O–H groups in total. The highest BCUT2D eigenvalue weighted by Crippen LogP contribution is 2.25. The van der Waals surface area contributed by atoms with E-state index in [0.29, 0.717) is 5.02 Å². The van der Waals surface area contributed by atoms with Crippen molar-refractivity contribution in [1.82, 2.24) is 5.32 Å². The second-order valence-electron chi connectivity index (χ2n) is 4.00. The minimum atomic E-state index is -0.278. The van der Waals surface area contributed by atoms with Crippen molar-refractivity contribution < 1.29 is 4.39 Å². The second kappa shape index (κ2) is 5.89. The summed E-state index contributed by atoms with van der Waals surface area (Å²) >= 11 is 7.97. The molecule has 1 aliphatic rings. The molecule has 88 valence electrons. The summed E-state index contributed by atoms with van der Waals surface area (Å²) in [5.41, 5.74) is 0.964. The van der Waals surface area contributed by atoms with Crippen LogP contribution in [-0.4, -0.2) is 17.5 Å². The summed E-state index contributed by atoms with van der Waals surface area (Å²) in [6.07, 6.45) is 2.63. The molecule has 0 aliphatic carbocycles. The summed E-state index contributed by atoms with van der Waals surface area (Å²) in [5, 5.41) is 4.62. The molecule has 0 bridgehead atoms. The number of nitrogens with one attached hydrogen (secondary N) is 1. The van der Waals surface area contributed by atoms with E-state index in [1.165, 1.54) is 30.7 Å². The molecule has 1 aromatic carbocycles. The van der Waals surface area contributed by atoms with E-state index in [-0.39, 0.29) is 5.82 Å². The van der Waals surface area contributed by atoms with Gasteiger partial charge in [-0.15, -0.1) is 0 Å². The number of hydrogen-bond acceptors (Lipinski definition) is 2. The molecule has 1 saturated heterocycles. The molecule has 0 aromatic heterocycles. The predicted molar refractivity (Wildman–Crippen MR) is 68.6 cm³/mol. The quantitative estimate of drug-likeness (QED) is 0.889. The highest BCUT2D eigenvalue weighted by atomic mass is 35.5. The third-order valence-corrected chi connectivity index (χ3v) is 4.48. The summed E-state index contributed by atoms with van der Waals surface area (Å²) in [6.45, 7) is 1.73. The van der Waals surface area contributed by atoms with E-state index < -0.39 is 0 Å². The van der Waals surface area contributed by atoms with Crippen LogP contribution in [0.3, 0.4) is 0 Å². The molecular formula is C12H15ClFNS. The zero-order chi connectivity index (χ0) is 11.4. The second-order valence-corrected chi connectivity index (χ2v) is 5.82. The molecule has 1 nitrogen and oxygen atoms in total. The van der Waals surface area contributed by atoms with Gasteiger partial charge >= 0.3 is 0 Å². The molecular weight excluding hydrogens is 245 g/mol. The van der Waals surface area contributed by atoms with Crippen molar-refractivity contribution in [3.05, 3.63) is 34.6 Å². The van der Waals surface area contributed by atoms with Crippen LogP contribution in [0.25, 0.3) is 0 Å². The smallest absolute Gasteiger partial charge is 0.124 e. The van der Waals surface area contributed by atoms with Gasteiger partial charge in [-0.05, 0) is 36.3 Å². The molecule has 1 heterocycles. The van der Waals surface area contributed by atoms with Crippen molar-refractivity contribution in [3.63, 3.8) is 0 Å². The van der Waals surface area contributed by atoms with Gasteiger partial charge in [0.25, 0.3) is 0 Å². The summed E-state index contributed by atoms with van der Waals surface area (Å²) in [5.74, 6) is 1.00. The molecule has 1 atom stereocenters. The highest BCUT2D eigenvalue weighted by molar-refractivity contribution is 8.00. The maximum absolute atomic E-state index is 12.8. The number of thioether (sulfide) groups is 1. The van der Waals surface area contributed by atoms with Gasteiger partial charge in [0.15, 0.2) is 0 Å². The van der Waals surface area contributed by atoms with Gasteiger partial charge in [-0.25, -0.2) is 4.39 Å². The molecule has 0 spiro atoms. The topological polar surface area (TPSA) is 12.0 Å². The van der Waals surface area contributed by atoms with Crippen molar-refractivity contribution >= 4 is 23.4 Å². The fourth-order valence-electron chi connectivity index (χ4n) is 1.84. The van der Waals surface area contributed by atoms with E-state index in [1.54, 1.807) is 6.07 Å². The van der Waals surface area contributed by atoms with Gasteiger partial charge in [0.1, 0.15) is 5.82 Å². The normalized spacial score (nSPS) is 20.2. The zero-order valence-electron chi connectivity index (χ0n) is 9.01. The maximum Gasteiger partial charge on any atom is 0.124 e. The van der Waals surface area contributed by atoms with Crippen LogP contribution in [0.5, 0.6) is 0 Å². The Morgan fingerprint density at radius 2 is 2.38 bits per heavy atom. The van der Waals surface area contributed by atoms with Crippen LogP contribution in [0.1, 0.15) is 18.4 Å². The van der Waals surface area contributed by atoms with Crippen LogP contribution in [0.15, 0.2) is 18.2 Å². The Hall–Kier alpha value is -0.250. The first-order chi connectivity index (χ1) is 7.75. The average Bonchev–Trinajstić information content (AvgIpc) is 2.74. The minimum Gasteiger partial charge on any atom is -0.312 e. The molecule has 2 rings (SSSR count). The minimum absolute atomic E-state index is 0.278. The first kappa shape index (κ1) is 12.2. The molecule has 0 amide bonds. The largest absolute Gasteiger partial charge is 0.312 e. The molecule has 1 aromatic rings. The highest BCUT2D eigenvalue weighted by Gasteiger charge is 2.14. The first-order valence-electron chi connectivity index (χ1n) is 5.52. The SMILES string of the molecule is Fc1ccc(CNCC2CCCS2)c(Cl)c1. The molecule has 1 fully saturated rings. The molecule has 4 heteroatoms. The number of benzene rings is 1. The van der Waals surface area contributed by atoms with E-state index in [4.69, 9.17) is 11.6 Å². The molecule has 16 heavy (non-hydrogen) atoms. The fraction of sp³-hybridized carbons (Fsp3) is 0.500. The van der Waals surface area contributed by atoms with E-state index in [2.05, 4.69) is 5.32 Å². The van der Waals surface area contributed by atoms with Crippen LogP contribution in [0.2, 0.25) is 5.02 Å². The van der Waals surface area contributed by atoms with E-state index in [1.807, 2.05) is 11.8 Å². The van der Waals surface area contributed by atoms with Crippen LogP contribution >= 0.6 is 23.4 Å². The maximum atomic E-state index is 12.8. The zero-order valence-corrected chi connectivity index (χ0v) is 10.6. The third kappa shape index (κ3) is 3.37. The Balaban J connectivity index is 1.80. The lowest BCUT2D eigenvalue weighted by Crippen LogP contribution is -2.22.